The van der Waals surface area contributed by atoms with Gasteiger partial charge in [0.2, 0.25) is 0 Å². The number of rotatable bonds is 1. The summed E-state index contributed by atoms with van der Waals surface area (Å²) in [7, 11) is 0. The first-order chi connectivity index (χ1) is 5.77. The van der Waals surface area contributed by atoms with Crippen molar-refractivity contribution in [3.63, 3.8) is 0 Å². The molecule has 0 spiro atoms. The van der Waals surface area contributed by atoms with E-state index in [1.807, 2.05) is 12.1 Å². The van der Waals surface area contributed by atoms with Gasteiger partial charge in [-0.25, -0.2) is 0 Å². The van der Waals surface area contributed by atoms with Crippen molar-refractivity contribution in [3.8, 4) is 0 Å². The molecule has 0 unspecified atom stereocenters. The Balaban J connectivity index is 2.27. The van der Waals surface area contributed by atoms with Gasteiger partial charge in [-0.2, -0.15) is 0 Å². The average Bonchev–Trinajstić information content (AvgIpc) is 1.93. The zero-order chi connectivity index (χ0) is 8.55. The van der Waals surface area contributed by atoms with Crippen LogP contribution in [0.15, 0.2) is 22.7 Å². The van der Waals surface area contributed by atoms with Crippen LogP contribution in [0.5, 0.6) is 0 Å². The van der Waals surface area contributed by atoms with Gasteiger partial charge in [0.05, 0.1) is 0 Å². The predicted molar refractivity (Wildman–Crippen MR) is 53.9 cm³/mol. The van der Waals surface area contributed by atoms with Crippen LogP contribution in [0, 0.1) is 0 Å². The monoisotopic (exact) mass is 226 g/mol. The van der Waals surface area contributed by atoms with Crippen LogP contribution in [0.4, 0.5) is 5.69 Å². The maximum Gasteiger partial charge on any atom is 0.0461 e. The second-order valence-corrected chi connectivity index (χ2v) is 3.93. The molecule has 2 nitrogen and oxygen atoms in total. The first-order valence-corrected chi connectivity index (χ1v) is 4.85. The van der Waals surface area contributed by atoms with Gasteiger partial charge >= 0.3 is 0 Å². The second-order valence-electron chi connectivity index (χ2n) is 3.08. The molecule has 0 aliphatic carbocycles. The summed E-state index contributed by atoms with van der Waals surface area (Å²) in [4.78, 5) is 0. The summed E-state index contributed by atoms with van der Waals surface area (Å²) in [6, 6.07) is 6.67. The number of hydrogen-bond donors (Lipinski definition) is 2. The summed E-state index contributed by atoms with van der Waals surface area (Å²) in [6.45, 7) is 1.13. The standard InChI is InChI=1S/C9H11BrN2/c10-7-2-1-6(5-8(7)11)9-3-4-12-9/h1-2,5,9,12H,3-4,11H2/t9-/m0/s1. The minimum Gasteiger partial charge on any atom is -0.398 e. The summed E-state index contributed by atoms with van der Waals surface area (Å²) in [5.41, 5.74) is 7.88. The molecule has 64 valence electrons. The molecule has 0 amide bonds. The highest BCUT2D eigenvalue weighted by Gasteiger charge is 2.18. The van der Waals surface area contributed by atoms with Crippen molar-refractivity contribution in [3.05, 3.63) is 28.2 Å². The van der Waals surface area contributed by atoms with Gasteiger partial charge in [0.1, 0.15) is 0 Å². The van der Waals surface area contributed by atoms with Crippen LogP contribution >= 0.6 is 15.9 Å². The lowest BCUT2D eigenvalue weighted by atomic mass is 9.98. The SMILES string of the molecule is Nc1cc([C@@H]2CCN2)ccc1Br. The normalized spacial score (nSPS) is 21.9. The largest absolute Gasteiger partial charge is 0.398 e. The smallest absolute Gasteiger partial charge is 0.0461 e. The molecule has 0 aromatic heterocycles. The molecule has 0 saturated carbocycles. The lowest BCUT2D eigenvalue weighted by molar-refractivity contribution is 0.383. The minimum absolute atomic E-state index is 0.528. The molecule has 1 atom stereocenters. The van der Waals surface area contributed by atoms with Crippen molar-refractivity contribution in [2.75, 3.05) is 12.3 Å². The zero-order valence-electron chi connectivity index (χ0n) is 6.68. The third kappa shape index (κ3) is 1.34. The van der Waals surface area contributed by atoms with E-state index in [9.17, 15) is 0 Å². The van der Waals surface area contributed by atoms with E-state index in [4.69, 9.17) is 5.73 Å². The highest BCUT2D eigenvalue weighted by Crippen LogP contribution is 2.27. The fraction of sp³-hybridized carbons (Fsp3) is 0.333. The van der Waals surface area contributed by atoms with E-state index in [-0.39, 0.29) is 0 Å². The molecule has 1 aromatic carbocycles. The number of nitrogens with two attached hydrogens (primary N) is 1. The summed E-state index contributed by atoms with van der Waals surface area (Å²) >= 11 is 3.37. The Morgan fingerprint density at radius 1 is 1.50 bits per heavy atom. The molecule has 1 aliphatic heterocycles. The first-order valence-electron chi connectivity index (χ1n) is 4.05. The molecule has 1 saturated heterocycles. The summed E-state index contributed by atoms with van der Waals surface area (Å²) in [5, 5.41) is 3.34. The molecule has 0 radical (unpaired) electrons. The molecule has 1 aliphatic rings. The molecule has 1 heterocycles. The second kappa shape index (κ2) is 3.07. The summed E-state index contributed by atoms with van der Waals surface area (Å²) in [6.07, 6.45) is 1.22. The lowest BCUT2D eigenvalue weighted by Crippen LogP contribution is -2.34. The van der Waals surface area contributed by atoms with Crippen molar-refractivity contribution in [2.24, 2.45) is 0 Å². The van der Waals surface area contributed by atoms with Crippen LogP contribution in [0.3, 0.4) is 0 Å². The fourth-order valence-electron chi connectivity index (χ4n) is 1.35. The van der Waals surface area contributed by atoms with Gasteiger partial charge in [-0.05, 0) is 46.6 Å². The third-order valence-corrected chi connectivity index (χ3v) is 2.97. The summed E-state index contributed by atoms with van der Waals surface area (Å²) in [5.74, 6) is 0. The van der Waals surface area contributed by atoms with E-state index in [1.54, 1.807) is 0 Å². The number of nitrogen functional groups attached to an aromatic ring is 1. The van der Waals surface area contributed by atoms with Crippen molar-refractivity contribution in [1.82, 2.24) is 5.32 Å². The Morgan fingerprint density at radius 2 is 2.25 bits per heavy atom. The Hall–Kier alpha value is -0.540. The predicted octanol–water partition coefficient (Wildman–Crippen LogP) is 2.07. The Labute approximate surface area is 80.3 Å². The molecule has 1 fully saturated rings. The minimum atomic E-state index is 0.528. The first kappa shape index (κ1) is 8.08. The third-order valence-electron chi connectivity index (χ3n) is 2.25. The van der Waals surface area contributed by atoms with Gasteiger partial charge in [-0.15, -0.1) is 0 Å². The van der Waals surface area contributed by atoms with Crippen molar-refractivity contribution >= 4 is 21.6 Å². The summed E-state index contributed by atoms with van der Waals surface area (Å²) < 4.78 is 0.977. The topological polar surface area (TPSA) is 38.0 Å². The van der Waals surface area contributed by atoms with Crippen molar-refractivity contribution in [2.45, 2.75) is 12.5 Å². The van der Waals surface area contributed by atoms with Gasteiger partial charge in [0.25, 0.3) is 0 Å². The Bertz CT molecular complexity index is 295. The van der Waals surface area contributed by atoms with Crippen LogP contribution < -0.4 is 11.1 Å². The Morgan fingerprint density at radius 3 is 2.75 bits per heavy atom. The molecule has 3 heteroatoms. The molecular weight excluding hydrogens is 216 g/mol. The van der Waals surface area contributed by atoms with E-state index in [0.717, 1.165) is 16.7 Å². The highest BCUT2D eigenvalue weighted by molar-refractivity contribution is 9.10. The zero-order valence-corrected chi connectivity index (χ0v) is 8.26. The molecule has 2 rings (SSSR count). The molecular formula is C9H11BrN2. The Kier molecular flexibility index (Phi) is 2.07. The van der Waals surface area contributed by atoms with Gasteiger partial charge in [-0.3, -0.25) is 0 Å². The number of halogens is 1. The van der Waals surface area contributed by atoms with E-state index >= 15 is 0 Å². The van der Waals surface area contributed by atoms with Crippen molar-refractivity contribution in [1.29, 1.82) is 0 Å². The van der Waals surface area contributed by atoms with Gasteiger partial charge in [0.15, 0.2) is 0 Å². The number of benzene rings is 1. The number of nitrogens with one attached hydrogen (secondary N) is 1. The number of hydrogen-bond acceptors (Lipinski definition) is 2. The quantitative estimate of drug-likeness (QED) is 0.720. The maximum absolute atomic E-state index is 5.76. The van der Waals surface area contributed by atoms with E-state index in [0.29, 0.717) is 6.04 Å². The van der Waals surface area contributed by atoms with E-state index < -0.39 is 0 Å². The van der Waals surface area contributed by atoms with Crippen molar-refractivity contribution < 1.29 is 0 Å². The van der Waals surface area contributed by atoms with Crippen LogP contribution in [0.2, 0.25) is 0 Å². The fourth-order valence-corrected chi connectivity index (χ4v) is 1.60. The van der Waals surface area contributed by atoms with Crippen LogP contribution in [0.25, 0.3) is 0 Å². The number of anilines is 1. The highest BCUT2D eigenvalue weighted by atomic mass is 79.9. The van der Waals surface area contributed by atoms with Gasteiger partial charge in [0, 0.05) is 16.2 Å². The van der Waals surface area contributed by atoms with Gasteiger partial charge < -0.3 is 11.1 Å². The van der Waals surface area contributed by atoms with Gasteiger partial charge in [-0.1, -0.05) is 6.07 Å². The molecule has 0 bridgehead atoms. The average molecular weight is 227 g/mol. The van der Waals surface area contributed by atoms with E-state index in [1.165, 1.54) is 12.0 Å². The molecule has 3 N–H and O–H groups in total. The van der Waals surface area contributed by atoms with Crippen LogP contribution in [-0.2, 0) is 0 Å². The lowest BCUT2D eigenvalue weighted by Gasteiger charge is -2.28. The maximum atomic E-state index is 5.76. The van der Waals surface area contributed by atoms with Crippen LogP contribution in [-0.4, -0.2) is 6.54 Å². The van der Waals surface area contributed by atoms with E-state index in [2.05, 4.69) is 27.3 Å². The molecule has 1 aromatic rings. The van der Waals surface area contributed by atoms with Crippen LogP contribution in [0.1, 0.15) is 18.0 Å². The molecule has 12 heavy (non-hydrogen) atoms.